The number of esters is 1. The zero-order valence-electron chi connectivity index (χ0n) is 15.4. The number of nitrogens with zero attached hydrogens (tertiary/aromatic N) is 4. The van der Waals surface area contributed by atoms with Crippen LogP contribution in [0.25, 0.3) is 11.0 Å². The molecule has 2 heterocycles. The molecule has 0 aliphatic heterocycles. The Bertz CT molecular complexity index is 1090. The van der Waals surface area contributed by atoms with E-state index in [0.717, 1.165) is 22.3 Å². The third-order valence-corrected chi connectivity index (χ3v) is 4.27. The summed E-state index contributed by atoms with van der Waals surface area (Å²) in [6, 6.07) is 17.2. The quantitative estimate of drug-likeness (QED) is 0.518. The number of hydrogen-bond acceptors (Lipinski definition) is 6. The van der Waals surface area contributed by atoms with Gasteiger partial charge in [0.1, 0.15) is 12.1 Å². The maximum atomic E-state index is 11.8. The van der Waals surface area contributed by atoms with E-state index < -0.39 is 0 Å². The van der Waals surface area contributed by atoms with Crippen LogP contribution in [0.2, 0.25) is 0 Å². The third-order valence-electron chi connectivity index (χ3n) is 4.27. The lowest BCUT2D eigenvalue weighted by Gasteiger charge is -2.08. The van der Waals surface area contributed by atoms with Crippen LogP contribution in [0.4, 0.5) is 11.5 Å². The Morgan fingerprint density at radius 1 is 1.07 bits per heavy atom. The predicted molar refractivity (Wildman–Crippen MR) is 107 cm³/mol. The summed E-state index contributed by atoms with van der Waals surface area (Å²) in [5.41, 5.74) is 3.22. The lowest BCUT2D eigenvalue weighted by atomic mass is 10.2. The highest BCUT2D eigenvalue weighted by atomic mass is 16.5. The van der Waals surface area contributed by atoms with Crippen LogP contribution in [-0.2, 0) is 11.3 Å². The summed E-state index contributed by atoms with van der Waals surface area (Å²) in [4.78, 5) is 20.5. The molecular weight excluding hydrogens is 354 g/mol. The van der Waals surface area contributed by atoms with E-state index >= 15 is 0 Å². The van der Waals surface area contributed by atoms with Gasteiger partial charge in [-0.15, -0.1) is 0 Å². The molecule has 0 amide bonds. The Morgan fingerprint density at radius 3 is 2.61 bits per heavy atom. The lowest BCUT2D eigenvalue weighted by Crippen LogP contribution is -2.04. The van der Waals surface area contributed by atoms with Gasteiger partial charge < -0.3 is 10.1 Å². The summed E-state index contributed by atoms with van der Waals surface area (Å²) in [7, 11) is 0. The van der Waals surface area contributed by atoms with E-state index in [2.05, 4.69) is 32.5 Å². The van der Waals surface area contributed by atoms with Gasteiger partial charge in [-0.2, -0.15) is 5.10 Å². The van der Waals surface area contributed by atoms with Gasteiger partial charge >= 0.3 is 5.97 Å². The smallest absolute Gasteiger partial charge is 0.338 e. The van der Waals surface area contributed by atoms with E-state index in [1.807, 2.05) is 35.0 Å². The molecule has 0 fully saturated rings. The number of anilines is 2. The molecule has 28 heavy (non-hydrogen) atoms. The highest BCUT2D eigenvalue weighted by molar-refractivity contribution is 5.91. The number of benzene rings is 2. The van der Waals surface area contributed by atoms with Crippen molar-refractivity contribution in [3.8, 4) is 0 Å². The molecule has 0 bridgehead atoms. The Labute approximate surface area is 162 Å². The number of nitrogens with one attached hydrogen (secondary N) is 1. The molecule has 140 valence electrons. The van der Waals surface area contributed by atoms with Crippen molar-refractivity contribution in [2.75, 3.05) is 11.9 Å². The first-order valence-corrected chi connectivity index (χ1v) is 8.99. The second-order valence-corrected chi connectivity index (χ2v) is 6.17. The third kappa shape index (κ3) is 3.68. The number of carbonyl (C=O) groups is 1. The normalized spacial score (nSPS) is 10.8. The summed E-state index contributed by atoms with van der Waals surface area (Å²) in [6.45, 7) is 2.77. The monoisotopic (exact) mass is 373 g/mol. The van der Waals surface area contributed by atoms with Gasteiger partial charge in [0.25, 0.3) is 0 Å². The molecule has 0 aliphatic carbocycles. The molecule has 4 rings (SSSR count). The number of hydrogen-bond donors (Lipinski definition) is 1. The minimum atomic E-state index is -0.333. The molecule has 1 N–H and O–H groups in total. The lowest BCUT2D eigenvalue weighted by molar-refractivity contribution is 0.0526. The maximum absolute atomic E-state index is 11.8. The van der Waals surface area contributed by atoms with Crippen molar-refractivity contribution < 1.29 is 9.53 Å². The summed E-state index contributed by atoms with van der Waals surface area (Å²) in [5, 5.41) is 8.56. The second-order valence-electron chi connectivity index (χ2n) is 6.17. The largest absolute Gasteiger partial charge is 0.462 e. The fourth-order valence-corrected chi connectivity index (χ4v) is 2.91. The van der Waals surface area contributed by atoms with Crippen molar-refractivity contribution in [1.29, 1.82) is 0 Å². The van der Waals surface area contributed by atoms with E-state index in [9.17, 15) is 4.79 Å². The van der Waals surface area contributed by atoms with E-state index in [1.165, 1.54) is 6.33 Å². The fourth-order valence-electron chi connectivity index (χ4n) is 2.91. The van der Waals surface area contributed by atoms with Crippen molar-refractivity contribution in [2.24, 2.45) is 0 Å². The molecule has 4 aromatic rings. The number of aromatic nitrogens is 4. The summed E-state index contributed by atoms with van der Waals surface area (Å²) in [5.74, 6) is 0.328. The Kier molecular flexibility index (Phi) is 4.97. The highest BCUT2D eigenvalue weighted by Gasteiger charge is 2.11. The van der Waals surface area contributed by atoms with Crippen molar-refractivity contribution in [3.05, 3.63) is 78.2 Å². The minimum Gasteiger partial charge on any atom is -0.462 e. The molecule has 0 unspecified atom stereocenters. The van der Waals surface area contributed by atoms with Crippen LogP contribution in [0, 0.1) is 0 Å². The van der Waals surface area contributed by atoms with E-state index in [0.29, 0.717) is 24.5 Å². The zero-order valence-corrected chi connectivity index (χ0v) is 15.4. The molecule has 0 saturated carbocycles. The molecule has 0 aliphatic rings. The molecular formula is C21H19N5O2. The Hall–Kier alpha value is -3.74. The average molecular weight is 373 g/mol. The molecule has 0 atom stereocenters. The zero-order chi connectivity index (χ0) is 19.3. The first-order valence-electron chi connectivity index (χ1n) is 8.99. The van der Waals surface area contributed by atoms with Gasteiger partial charge in [-0.05, 0) is 36.8 Å². The van der Waals surface area contributed by atoms with Crippen molar-refractivity contribution >= 4 is 28.5 Å². The molecule has 7 heteroatoms. The van der Waals surface area contributed by atoms with Gasteiger partial charge in [-0.1, -0.05) is 30.3 Å². The van der Waals surface area contributed by atoms with Crippen LogP contribution in [0.5, 0.6) is 0 Å². The van der Waals surface area contributed by atoms with Gasteiger partial charge in [0.15, 0.2) is 5.65 Å². The van der Waals surface area contributed by atoms with Crippen molar-refractivity contribution in [2.45, 2.75) is 13.5 Å². The van der Waals surface area contributed by atoms with Gasteiger partial charge in [0.2, 0.25) is 0 Å². The number of rotatable bonds is 6. The van der Waals surface area contributed by atoms with Crippen LogP contribution in [0.1, 0.15) is 22.8 Å². The molecule has 0 spiro atoms. The van der Waals surface area contributed by atoms with Crippen LogP contribution in [-0.4, -0.2) is 32.3 Å². The Morgan fingerprint density at radius 2 is 1.86 bits per heavy atom. The van der Waals surface area contributed by atoms with Gasteiger partial charge in [-0.3, -0.25) is 0 Å². The standard InChI is InChI=1S/C21H19N5O2/c1-2-28-21(27)16-8-10-17(11-9-16)25-19-18-12-24-26(20(18)23-14-22-19)13-15-6-4-3-5-7-15/h3-12,14H,2,13H2,1H3,(H,22,23,25). The van der Waals surface area contributed by atoms with Gasteiger partial charge in [0.05, 0.1) is 30.3 Å². The number of carbonyl (C=O) groups excluding carboxylic acids is 1. The average Bonchev–Trinajstić information content (AvgIpc) is 3.13. The topological polar surface area (TPSA) is 81.9 Å². The Balaban J connectivity index is 1.57. The SMILES string of the molecule is CCOC(=O)c1ccc(Nc2ncnc3c2cnn3Cc2ccccc2)cc1. The van der Waals surface area contributed by atoms with Gasteiger partial charge in [0, 0.05) is 5.69 Å². The minimum absolute atomic E-state index is 0.333. The van der Waals surface area contributed by atoms with Crippen LogP contribution < -0.4 is 5.32 Å². The summed E-state index contributed by atoms with van der Waals surface area (Å²) >= 11 is 0. The molecule has 2 aromatic carbocycles. The number of fused-ring (bicyclic) bond motifs is 1. The predicted octanol–water partition coefficient (Wildman–Crippen LogP) is 3.79. The first kappa shape index (κ1) is 17.7. The fraction of sp³-hybridized carbons (Fsp3) is 0.143. The molecule has 0 saturated heterocycles. The molecule has 2 aromatic heterocycles. The van der Waals surface area contributed by atoms with Crippen LogP contribution in [0.15, 0.2) is 67.1 Å². The molecule has 7 nitrogen and oxygen atoms in total. The maximum Gasteiger partial charge on any atom is 0.338 e. The summed E-state index contributed by atoms with van der Waals surface area (Å²) in [6.07, 6.45) is 3.27. The second kappa shape index (κ2) is 7.87. The highest BCUT2D eigenvalue weighted by Crippen LogP contribution is 2.23. The van der Waals surface area contributed by atoms with Gasteiger partial charge in [-0.25, -0.2) is 19.4 Å². The van der Waals surface area contributed by atoms with E-state index in [1.54, 1.807) is 25.3 Å². The summed E-state index contributed by atoms with van der Waals surface area (Å²) < 4.78 is 6.85. The van der Waals surface area contributed by atoms with E-state index in [-0.39, 0.29) is 5.97 Å². The van der Waals surface area contributed by atoms with Crippen molar-refractivity contribution in [3.63, 3.8) is 0 Å². The van der Waals surface area contributed by atoms with Crippen LogP contribution in [0.3, 0.4) is 0 Å². The van der Waals surface area contributed by atoms with Crippen LogP contribution >= 0.6 is 0 Å². The van der Waals surface area contributed by atoms with E-state index in [4.69, 9.17) is 4.74 Å². The first-order chi connectivity index (χ1) is 13.7. The number of ether oxygens (including phenoxy) is 1. The van der Waals surface area contributed by atoms with Crippen molar-refractivity contribution in [1.82, 2.24) is 19.7 Å². The molecule has 0 radical (unpaired) electrons.